The molecule has 0 aliphatic carbocycles. The monoisotopic (exact) mass is 299 g/mol. The number of fused-ring (bicyclic) bond motifs is 1. The van der Waals surface area contributed by atoms with Crippen molar-refractivity contribution in [1.29, 1.82) is 0 Å². The highest BCUT2D eigenvalue weighted by atomic mass is 79.9. The van der Waals surface area contributed by atoms with Gasteiger partial charge in [0.25, 0.3) is 0 Å². The topological polar surface area (TPSA) is 30.5 Å². The van der Waals surface area contributed by atoms with Crippen LogP contribution in [0.4, 0.5) is 0 Å². The van der Waals surface area contributed by atoms with Crippen molar-refractivity contribution in [2.24, 2.45) is 5.92 Å². The molecular formula is C13H18BrNO2. The van der Waals surface area contributed by atoms with Crippen LogP contribution in [-0.4, -0.2) is 13.3 Å². The first-order chi connectivity index (χ1) is 8.16. The Hall–Kier alpha value is -0.740. The lowest BCUT2D eigenvalue weighted by molar-refractivity contribution is 0.174. The third-order valence-electron chi connectivity index (χ3n) is 2.76. The van der Waals surface area contributed by atoms with E-state index in [2.05, 4.69) is 35.1 Å². The van der Waals surface area contributed by atoms with Crippen LogP contribution in [-0.2, 0) is 6.54 Å². The normalized spacial score (nSPS) is 13.4. The number of ether oxygens (including phenoxy) is 2. The van der Waals surface area contributed by atoms with Crippen LogP contribution in [0.15, 0.2) is 16.6 Å². The molecule has 0 atom stereocenters. The van der Waals surface area contributed by atoms with Gasteiger partial charge in [-0.1, -0.05) is 29.8 Å². The summed E-state index contributed by atoms with van der Waals surface area (Å²) in [6.45, 7) is 6.69. The standard InChI is InChI=1S/C13H18BrNO2/c1-9(2)3-4-15-7-10-5-12-13(6-11(10)14)17-8-16-12/h5-6,9,15H,3-4,7-8H2,1-2H3. The van der Waals surface area contributed by atoms with Gasteiger partial charge in [0.15, 0.2) is 11.5 Å². The molecule has 1 heterocycles. The Bertz CT molecular complexity index is 393. The third kappa shape index (κ3) is 3.36. The number of hydrogen-bond donors (Lipinski definition) is 1. The quantitative estimate of drug-likeness (QED) is 0.846. The summed E-state index contributed by atoms with van der Waals surface area (Å²) in [5.41, 5.74) is 1.21. The first kappa shape index (κ1) is 12.7. The van der Waals surface area contributed by atoms with Gasteiger partial charge in [0.05, 0.1) is 0 Å². The Morgan fingerprint density at radius 1 is 1.29 bits per heavy atom. The zero-order valence-corrected chi connectivity index (χ0v) is 11.8. The van der Waals surface area contributed by atoms with Gasteiger partial charge in [0, 0.05) is 11.0 Å². The van der Waals surface area contributed by atoms with Crippen LogP contribution in [0.2, 0.25) is 0 Å². The highest BCUT2D eigenvalue weighted by molar-refractivity contribution is 9.10. The molecule has 0 fully saturated rings. The molecule has 1 aromatic carbocycles. The summed E-state index contributed by atoms with van der Waals surface area (Å²) in [6, 6.07) is 4.01. The van der Waals surface area contributed by atoms with E-state index in [1.165, 1.54) is 12.0 Å². The van der Waals surface area contributed by atoms with Crippen LogP contribution in [0.1, 0.15) is 25.8 Å². The van der Waals surface area contributed by atoms with Crippen molar-refractivity contribution in [2.75, 3.05) is 13.3 Å². The highest BCUT2D eigenvalue weighted by Crippen LogP contribution is 2.36. The van der Waals surface area contributed by atoms with Gasteiger partial charge in [-0.05, 0) is 36.6 Å². The lowest BCUT2D eigenvalue weighted by Gasteiger charge is -2.09. The lowest BCUT2D eigenvalue weighted by atomic mass is 10.1. The van der Waals surface area contributed by atoms with E-state index in [-0.39, 0.29) is 0 Å². The SMILES string of the molecule is CC(C)CCNCc1cc2c(cc1Br)OCO2. The van der Waals surface area contributed by atoms with Crippen molar-refractivity contribution >= 4 is 15.9 Å². The first-order valence-corrected chi connectivity index (χ1v) is 6.75. The summed E-state index contributed by atoms with van der Waals surface area (Å²) < 4.78 is 11.8. The van der Waals surface area contributed by atoms with Crippen molar-refractivity contribution in [3.8, 4) is 11.5 Å². The predicted octanol–water partition coefficient (Wildman–Crippen LogP) is 3.31. The second kappa shape index (κ2) is 5.74. The molecule has 0 radical (unpaired) electrons. The minimum Gasteiger partial charge on any atom is -0.454 e. The van der Waals surface area contributed by atoms with E-state index in [1.54, 1.807) is 0 Å². The van der Waals surface area contributed by atoms with E-state index >= 15 is 0 Å². The Balaban J connectivity index is 1.92. The van der Waals surface area contributed by atoms with Crippen LogP contribution in [0.25, 0.3) is 0 Å². The molecule has 0 spiro atoms. The average molecular weight is 300 g/mol. The largest absolute Gasteiger partial charge is 0.454 e. The molecule has 94 valence electrons. The van der Waals surface area contributed by atoms with Gasteiger partial charge >= 0.3 is 0 Å². The molecule has 17 heavy (non-hydrogen) atoms. The van der Waals surface area contributed by atoms with Crippen LogP contribution in [0.5, 0.6) is 11.5 Å². The van der Waals surface area contributed by atoms with Crippen molar-refractivity contribution in [3.05, 3.63) is 22.2 Å². The van der Waals surface area contributed by atoms with Crippen molar-refractivity contribution < 1.29 is 9.47 Å². The zero-order valence-electron chi connectivity index (χ0n) is 10.3. The molecule has 1 aliphatic heterocycles. The van der Waals surface area contributed by atoms with Gasteiger partial charge in [-0.2, -0.15) is 0 Å². The van der Waals surface area contributed by atoms with Gasteiger partial charge in [-0.3, -0.25) is 0 Å². The van der Waals surface area contributed by atoms with E-state index in [1.807, 2.05) is 12.1 Å². The average Bonchev–Trinajstić information content (AvgIpc) is 2.71. The molecule has 2 rings (SSSR count). The van der Waals surface area contributed by atoms with Crippen molar-refractivity contribution in [1.82, 2.24) is 5.32 Å². The smallest absolute Gasteiger partial charge is 0.231 e. The summed E-state index contributed by atoms with van der Waals surface area (Å²) in [5, 5.41) is 3.44. The second-order valence-corrected chi connectivity index (χ2v) is 5.51. The molecule has 1 aromatic rings. The summed E-state index contributed by atoms with van der Waals surface area (Å²) in [7, 11) is 0. The van der Waals surface area contributed by atoms with E-state index in [9.17, 15) is 0 Å². The van der Waals surface area contributed by atoms with Gasteiger partial charge < -0.3 is 14.8 Å². The highest BCUT2D eigenvalue weighted by Gasteiger charge is 2.15. The fourth-order valence-electron chi connectivity index (χ4n) is 1.71. The maximum absolute atomic E-state index is 5.37. The molecule has 1 N–H and O–H groups in total. The molecule has 0 unspecified atom stereocenters. The summed E-state index contributed by atoms with van der Waals surface area (Å²) in [5.74, 6) is 2.40. The number of halogens is 1. The fourth-order valence-corrected chi connectivity index (χ4v) is 2.17. The van der Waals surface area contributed by atoms with Crippen LogP contribution in [0, 0.1) is 5.92 Å². The number of benzene rings is 1. The molecule has 0 saturated carbocycles. The molecule has 0 aromatic heterocycles. The second-order valence-electron chi connectivity index (χ2n) is 4.66. The molecule has 4 heteroatoms. The van der Waals surface area contributed by atoms with Crippen LogP contribution in [0.3, 0.4) is 0 Å². The Labute approximate surface area is 111 Å². The molecular weight excluding hydrogens is 282 g/mol. The summed E-state index contributed by atoms with van der Waals surface area (Å²) >= 11 is 3.56. The number of rotatable bonds is 5. The number of hydrogen-bond acceptors (Lipinski definition) is 3. The van der Waals surface area contributed by atoms with Crippen molar-refractivity contribution in [3.63, 3.8) is 0 Å². The van der Waals surface area contributed by atoms with E-state index < -0.39 is 0 Å². The predicted molar refractivity (Wildman–Crippen MR) is 71.4 cm³/mol. The Morgan fingerprint density at radius 2 is 2.00 bits per heavy atom. The fraction of sp³-hybridized carbons (Fsp3) is 0.538. The van der Waals surface area contributed by atoms with Gasteiger partial charge in [-0.25, -0.2) is 0 Å². The minimum atomic E-state index is 0.325. The molecule has 0 amide bonds. The third-order valence-corrected chi connectivity index (χ3v) is 3.49. The molecule has 1 aliphatic rings. The van der Waals surface area contributed by atoms with Gasteiger partial charge in [0.1, 0.15) is 0 Å². The Morgan fingerprint density at radius 3 is 2.71 bits per heavy atom. The van der Waals surface area contributed by atoms with E-state index in [0.717, 1.165) is 35.0 Å². The molecule has 0 bridgehead atoms. The first-order valence-electron chi connectivity index (χ1n) is 5.95. The van der Waals surface area contributed by atoms with E-state index in [0.29, 0.717) is 6.79 Å². The van der Waals surface area contributed by atoms with Gasteiger partial charge in [0.2, 0.25) is 6.79 Å². The maximum Gasteiger partial charge on any atom is 0.231 e. The molecule has 0 saturated heterocycles. The van der Waals surface area contributed by atoms with Crippen LogP contribution >= 0.6 is 15.9 Å². The van der Waals surface area contributed by atoms with Gasteiger partial charge in [-0.15, -0.1) is 0 Å². The molecule has 3 nitrogen and oxygen atoms in total. The zero-order chi connectivity index (χ0) is 12.3. The minimum absolute atomic E-state index is 0.325. The maximum atomic E-state index is 5.37. The van der Waals surface area contributed by atoms with Crippen molar-refractivity contribution in [2.45, 2.75) is 26.8 Å². The van der Waals surface area contributed by atoms with Crippen LogP contribution < -0.4 is 14.8 Å². The number of nitrogens with one attached hydrogen (secondary N) is 1. The lowest BCUT2D eigenvalue weighted by Crippen LogP contribution is -2.16. The summed E-state index contributed by atoms with van der Waals surface area (Å²) in [4.78, 5) is 0. The Kier molecular flexibility index (Phi) is 4.29. The summed E-state index contributed by atoms with van der Waals surface area (Å²) in [6.07, 6.45) is 1.20. The van der Waals surface area contributed by atoms with E-state index in [4.69, 9.17) is 9.47 Å².